The van der Waals surface area contributed by atoms with E-state index in [4.69, 9.17) is 8.83 Å². The van der Waals surface area contributed by atoms with Crippen LogP contribution in [0.4, 0.5) is 0 Å². The molecule has 8 aromatic rings. The monoisotopic (exact) mass is 542 g/mol. The Labute approximate surface area is 229 Å². The minimum atomic E-state index is -0.303. The summed E-state index contributed by atoms with van der Waals surface area (Å²) in [6.45, 7) is 0. The summed E-state index contributed by atoms with van der Waals surface area (Å²) in [7, 11) is 0. The second kappa shape index (κ2) is 10.1. The highest BCUT2D eigenvalue weighted by atomic mass is 16.3. The average molecular weight is 543 g/mol. The highest BCUT2D eigenvalue weighted by Crippen LogP contribution is 2.32. The van der Waals surface area contributed by atoms with Gasteiger partial charge in [-0.1, -0.05) is 0 Å². The topological polar surface area (TPSA) is 181 Å². The van der Waals surface area contributed by atoms with Crippen molar-refractivity contribution in [2.24, 2.45) is 0 Å². The van der Waals surface area contributed by atoms with Crippen molar-refractivity contribution in [2.45, 2.75) is 0 Å². The maximum Gasteiger partial charge on any atom is 0.325 e. The molecule has 13 nitrogen and oxygen atoms in total. The number of aromatic nitrogens is 10. The molecule has 8 aromatic heterocycles. The number of nitrogens with one attached hydrogen (secondary N) is 3. The molecule has 198 valence electrons. The molecule has 3 N–H and O–H groups in total. The molecule has 8 heterocycles. The van der Waals surface area contributed by atoms with E-state index in [2.05, 4.69) is 49.8 Å². The number of fused-ring (bicyclic) bond motifs is 2. The van der Waals surface area contributed by atoms with Crippen molar-refractivity contribution in [1.29, 1.82) is 0 Å². The quantitative estimate of drug-likeness (QED) is 0.283. The lowest BCUT2D eigenvalue weighted by atomic mass is 10.0. The van der Waals surface area contributed by atoms with Crippen LogP contribution < -0.4 is 5.69 Å². The van der Waals surface area contributed by atoms with Crippen molar-refractivity contribution in [2.75, 3.05) is 0 Å². The first-order chi connectivity index (χ1) is 20.2. The van der Waals surface area contributed by atoms with E-state index in [-0.39, 0.29) is 5.69 Å². The Morgan fingerprint density at radius 1 is 0.634 bits per heavy atom. The van der Waals surface area contributed by atoms with Crippen LogP contribution in [0.2, 0.25) is 0 Å². The van der Waals surface area contributed by atoms with Crippen LogP contribution in [0.1, 0.15) is 0 Å². The fourth-order valence-electron chi connectivity index (χ4n) is 4.35. The van der Waals surface area contributed by atoms with Crippen LogP contribution in [-0.4, -0.2) is 49.8 Å². The molecule has 0 bridgehead atoms. The van der Waals surface area contributed by atoms with E-state index in [1.807, 2.05) is 36.4 Å². The number of pyridine rings is 4. The standard InChI is InChI=1S/C14H9N5O2.C14H9N5O/c20-14-17-10-7-9(8-1-3-15-4-2-8)11(18-12(10)19-14)13-16-5-6-21-13;1-3-15-4-2-9(1)10-7-11-13(18-8-17-11)19-12(10)14-16-5-6-20-14/h1-7H,(H2,17,18,19,20);1-8H,(H,17,18,19). The highest BCUT2D eigenvalue weighted by molar-refractivity contribution is 5.87. The van der Waals surface area contributed by atoms with E-state index in [0.29, 0.717) is 40.0 Å². The Balaban J connectivity index is 0.000000135. The van der Waals surface area contributed by atoms with Gasteiger partial charge >= 0.3 is 5.69 Å². The zero-order valence-electron chi connectivity index (χ0n) is 21.0. The van der Waals surface area contributed by atoms with Gasteiger partial charge in [0.2, 0.25) is 11.8 Å². The van der Waals surface area contributed by atoms with E-state index in [1.165, 1.54) is 12.5 Å². The molecular weight excluding hydrogens is 524 g/mol. The van der Waals surface area contributed by atoms with Crippen LogP contribution in [0.3, 0.4) is 0 Å². The lowest BCUT2D eigenvalue weighted by molar-refractivity contribution is 0.572. The summed E-state index contributed by atoms with van der Waals surface area (Å²) in [5.41, 5.74) is 7.16. The normalized spacial score (nSPS) is 11.0. The zero-order valence-corrected chi connectivity index (χ0v) is 21.0. The van der Waals surface area contributed by atoms with Crippen LogP contribution in [-0.2, 0) is 0 Å². The molecule has 0 spiro atoms. The number of imidazole rings is 2. The molecule has 0 amide bonds. The van der Waals surface area contributed by atoms with Crippen LogP contribution in [0.25, 0.3) is 67.8 Å². The first kappa shape index (κ1) is 23.8. The van der Waals surface area contributed by atoms with Crippen LogP contribution in [0, 0.1) is 0 Å². The Kier molecular flexibility index (Phi) is 5.90. The molecule has 0 atom stereocenters. The van der Waals surface area contributed by atoms with Gasteiger partial charge in [0, 0.05) is 35.9 Å². The molecule has 8 rings (SSSR count). The molecular formula is C28H18N10O3. The number of H-pyrrole nitrogens is 3. The van der Waals surface area contributed by atoms with Crippen molar-refractivity contribution in [3.63, 3.8) is 0 Å². The molecule has 0 saturated carbocycles. The van der Waals surface area contributed by atoms with Crippen LogP contribution >= 0.6 is 0 Å². The van der Waals surface area contributed by atoms with Gasteiger partial charge in [-0.3, -0.25) is 15.0 Å². The van der Waals surface area contributed by atoms with E-state index in [1.54, 1.807) is 43.5 Å². The van der Waals surface area contributed by atoms with Gasteiger partial charge in [0.05, 0.1) is 29.8 Å². The fourth-order valence-corrected chi connectivity index (χ4v) is 4.35. The van der Waals surface area contributed by atoms with Crippen molar-refractivity contribution in [3.8, 4) is 45.4 Å². The Bertz CT molecular complexity index is 2120. The molecule has 0 fully saturated rings. The van der Waals surface area contributed by atoms with E-state index >= 15 is 0 Å². The van der Waals surface area contributed by atoms with Gasteiger partial charge in [-0.15, -0.1) is 0 Å². The number of hydrogen-bond donors (Lipinski definition) is 3. The van der Waals surface area contributed by atoms with Gasteiger partial charge in [-0.2, -0.15) is 0 Å². The fraction of sp³-hybridized carbons (Fsp3) is 0. The Morgan fingerprint density at radius 3 is 1.80 bits per heavy atom. The lowest BCUT2D eigenvalue weighted by Gasteiger charge is -2.06. The van der Waals surface area contributed by atoms with Crippen molar-refractivity contribution in [3.05, 3.63) is 103 Å². The largest absolute Gasteiger partial charge is 0.443 e. The van der Waals surface area contributed by atoms with Gasteiger partial charge in [0.1, 0.15) is 23.9 Å². The summed E-state index contributed by atoms with van der Waals surface area (Å²) in [4.78, 5) is 49.4. The van der Waals surface area contributed by atoms with Gasteiger partial charge in [0.15, 0.2) is 11.3 Å². The average Bonchev–Trinajstić information content (AvgIpc) is 3.84. The summed E-state index contributed by atoms with van der Waals surface area (Å²) in [5, 5.41) is 0. The highest BCUT2D eigenvalue weighted by Gasteiger charge is 2.17. The molecule has 41 heavy (non-hydrogen) atoms. The third-order valence-electron chi connectivity index (χ3n) is 6.16. The predicted molar refractivity (Wildman–Crippen MR) is 148 cm³/mol. The van der Waals surface area contributed by atoms with Gasteiger partial charge in [-0.05, 0) is 47.5 Å². The van der Waals surface area contributed by atoms with E-state index < -0.39 is 0 Å². The summed E-state index contributed by atoms with van der Waals surface area (Å²) in [5.74, 6) is 0.868. The van der Waals surface area contributed by atoms with Crippen molar-refractivity contribution < 1.29 is 8.83 Å². The summed E-state index contributed by atoms with van der Waals surface area (Å²) in [6, 6.07) is 11.4. The number of oxazole rings is 2. The zero-order chi connectivity index (χ0) is 27.6. The first-order valence-corrected chi connectivity index (χ1v) is 12.3. The molecule has 0 saturated heterocycles. The number of aromatic amines is 3. The smallest absolute Gasteiger partial charge is 0.325 e. The molecule has 0 unspecified atom stereocenters. The SMILES string of the molecule is O=c1[nH]c2cc(-c3ccncc3)c(-c3ncco3)nc2[nH]1.c1cc(-c2cc3[nH]cnc3nc2-c2ncco2)ccn1. The Hall–Kier alpha value is -6.24. The predicted octanol–water partition coefficient (Wildman–Crippen LogP) is 4.64. The van der Waals surface area contributed by atoms with Crippen LogP contribution in [0.5, 0.6) is 0 Å². The molecule has 0 aliphatic heterocycles. The second-order valence-electron chi connectivity index (χ2n) is 8.66. The molecule has 0 radical (unpaired) electrons. The van der Waals surface area contributed by atoms with E-state index in [0.717, 1.165) is 27.8 Å². The maximum absolute atomic E-state index is 11.4. The molecule has 13 heteroatoms. The third-order valence-corrected chi connectivity index (χ3v) is 6.16. The number of nitrogens with zero attached hydrogens (tertiary/aromatic N) is 7. The summed E-state index contributed by atoms with van der Waals surface area (Å²) in [6.07, 6.45) is 14.7. The minimum absolute atomic E-state index is 0.303. The first-order valence-electron chi connectivity index (χ1n) is 12.3. The number of hydrogen-bond acceptors (Lipinski definition) is 10. The molecule has 0 aliphatic rings. The second-order valence-corrected chi connectivity index (χ2v) is 8.66. The minimum Gasteiger partial charge on any atom is -0.443 e. The van der Waals surface area contributed by atoms with Gasteiger partial charge in [-0.25, -0.2) is 29.7 Å². The number of rotatable bonds is 4. The summed E-state index contributed by atoms with van der Waals surface area (Å²) >= 11 is 0. The van der Waals surface area contributed by atoms with Crippen molar-refractivity contribution >= 4 is 22.3 Å². The third kappa shape index (κ3) is 4.63. The van der Waals surface area contributed by atoms with Gasteiger partial charge < -0.3 is 18.8 Å². The summed E-state index contributed by atoms with van der Waals surface area (Å²) < 4.78 is 10.7. The lowest BCUT2D eigenvalue weighted by Crippen LogP contribution is -1.99. The van der Waals surface area contributed by atoms with Crippen molar-refractivity contribution in [1.82, 2.24) is 49.8 Å². The van der Waals surface area contributed by atoms with E-state index in [9.17, 15) is 4.79 Å². The molecule has 0 aliphatic carbocycles. The maximum atomic E-state index is 11.4. The molecule has 0 aromatic carbocycles. The van der Waals surface area contributed by atoms with Crippen LogP contribution in [0.15, 0.2) is 106 Å². The Morgan fingerprint density at radius 2 is 1.22 bits per heavy atom. The van der Waals surface area contributed by atoms with Gasteiger partial charge in [0.25, 0.3) is 0 Å².